The second kappa shape index (κ2) is 6.60. The van der Waals surface area contributed by atoms with Crippen LogP contribution in [0.1, 0.15) is 32.6 Å². The van der Waals surface area contributed by atoms with Gasteiger partial charge in [-0.3, -0.25) is 0 Å². The lowest BCUT2D eigenvalue weighted by Crippen LogP contribution is -2.43. The van der Waals surface area contributed by atoms with Crippen molar-refractivity contribution >= 4 is 11.7 Å². The predicted molar refractivity (Wildman–Crippen MR) is 83.3 cm³/mol. The molecule has 1 heterocycles. The van der Waals surface area contributed by atoms with E-state index < -0.39 is 0 Å². The molecule has 1 aliphatic rings. The molecule has 6 heteroatoms. The number of rotatable bonds is 3. The highest BCUT2D eigenvalue weighted by Gasteiger charge is 2.22. The summed E-state index contributed by atoms with van der Waals surface area (Å²) in [5, 5.41) is 13.5. The summed E-state index contributed by atoms with van der Waals surface area (Å²) >= 11 is 0. The summed E-state index contributed by atoms with van der Waals surface area (Å²) in [6.45, 7) is 2.19. The minimum atomic E-state index is -0.165. The van der Waals surface area contributed by atoms with Gasteiger partial charge in [-0.2, -0.15) is 0 Å². The van der Waals surface area contributed by atoms with Crippen molar-refractivity contribution in [1.82, 2.24) is 15.5 Å². The SMILES string of the molecule is CC1CCCCC1NC(=O)Nc1cccc(-c2nnco2)c1. The third-order valence-electron chi connectivity index (χ3n) is 4.16. The average Bonchev–Trinajstić information content (AvgIpc) is 3.04. The van der Waals surface area contributed by atoms with E-state index in [4.69, 9.17) is 4.42 Å². The number of amides is 2. The number of carbonyl (C=O) groups excluding carboxylic acids is 1. The van der Waals surface area contributed by atoms with Crippen molar-refractivity contribution in [3.05, 3.63) is 30.7 Å². The number of nitrogens with zero attached hydrogens (tertiary/aromatic N) is 2. The number of nitrogens with one attached hydrogen (secondary N) is 2. The zero-order chi connectivity index (χ0) is 15.4. The first-order valence-corrected chi connectivity index (χ1v) is 7.66. The number of hydrogen-bond acceptors (Lipinski definition) is 4. The third-order valence-corrected chi connectivity index (χ3v) is 4.16. The number of benzene rings is 1. The number of hydrogen-bond donors (Lipinski definition) is 2. The highest BCUT2D eigenvalue weighted by molar-refractivity contribution is 5.90. The molecule has 3 rings (SSSR count). The van der Waals surface area contributed by atoms with Crippen LogP contribution in [0.3, 0.4) is 0 Å². The van der Waals surface area contributed by atoms with Gasteiger partial charge in [0.05, 0.1) is 0 Å². The first kappa shape index (κ1) is 14.6. The largest absolute Gasteiger partial charge is 0.423 e. The fourth-order valence-corrected chi connectivity index (χ4v) is 2.90. The lowest BCUT2D eigenvalue weighted by atomic mass is 9.86. The molecule has 0 aliphatic heterocycles. The third kappa shape index (κ3) is 3.44. The standard InChI is InChI=1S/C16H20N4O2/c1-11-5-2-3-8-14(11)19-16(21)18-13-7-4-6-12(9-13)15-20-17-10-22-15/h4,6-7,9-11,14H,2-3,5,8H2,1H3,(H2,18,19,21). The minimum absolute atomic E-state index is 0.165. The number of urea groups is 1. The first-order valence-electron chi connectivity index (χ1n) is 7.66. The van der Waals surface area contributed by atoms with Crippen LogP contribution in [0.15, 0.2) is 35.1 Å². The van der Waals surface area contributed by atoms with Crippen molar-refractivity contribution in [1.29, 1.82) is 0 Å². The van der Waals surface area contributed by atoms with Gasteiger partial charge < -0.3 is 15.1 Å². The lowest BCUT2D eigenvalue weighted by molar-refractivity contribution is 0.232. The van der Waals surface area contributed by atoms with Gasteiger partial charge >= 0.3 is 6.03 Å². The molecular formula is C16H20N4O2. The van der Waals surface area contributed by atoms with E-state index in [0.29, 0.717) is 17.5 Å². The van der Waals surface area contributed by atoms with Crippen LogP contribution in [0.5, 0.6) is 0 Å². The maximum absolute atomic E-state index is 12.2. The van der Waals surface area contributed by atoms with Gasteiger partial charge in [0, 0.05) is 17.3 Å². The Hall–Kier alpha value is -2.37. The Morgan fingerprint density at radius 3 is 2.95 bits per heavy atom. The molecule has 0 radical (unpaired) electrons. The summed E-state index contributed by atoms with van der Waals surface area (Å²) < 4.78 is 5.16. The van der Waals surface area contributed by atoms with Gasteiger partial charge in [-0.1, -0.05) is 25.8 Å². The molecule has 2 N–H and O–H groups in total. The van der Waals surface area contributed by atoms with Gasteiger partial charge in [0.15, 0.2) is 0 Å². The Morgan fingerprint density at radius 1 is 1.32 bits per heavy atom. The van der Waals surface area contributed by atoms with E-state index in [1.54, 1.807) is 0 Å². The van der Waals surface area contributed by atoms with Gasteiger partial charge in [-0.05, 0) is 37.0 Å². The van der Waals surface area contributed by atoms with Gasteiger partial charge in [-0.15, -0.1) is 10.2 Å². The minimum Gasteiger partial charge on any atom is -0.423 e. The van der Waals surface area contributed by atoms with Crippen molar-refractivity contribution in [2.24, 2.45) is 5.92 Å². The van der Waals surface area contributed by atoms with E-state index in [9.17, 15) is 4.79 Å². The number of carbonyl (C=O) groups is 1. The fourth-order valence-electron chi connectivity index (χ4n) is 2.90. The van der Waals surface area contributed by atoms with Crippen LogP contribution < -0.4 is 10.6 Å². The van der Waals surface area contributed by atoms with E-state index >= 15 is 0 Å². The van der Waals surface area contributed by atoms with Crippen molar-refractivity contribution in [3.8, 4) is 11.5 Å². The van der Waals surface area contributed by atoms with E-state index in [1.807, 2.05) is 24.3 Å². The maximum Gasteiger partial charge on any atom is 0.319 e. The van der Waals surface area contributed by atoms with Crippen LogP contribution in [-0.2, 0) is 0 Å². The average molecular weight is 300 g/mol. The molecule has 1 aromatic heterocycles. The summed E-state index contributed by atoms with van der Waals surface area (Å²) in [4.78, 5) is 12.2. The van der Waals surface area contributed by atoms with Gasteiger partial charge in [0.1, 0.15) is 0 Å². The van der Waals surface area contributed by atoms with Crippen LogP contribution in [0.4, 0.5) is 10.5 Å². The second-order valence-electron chi connectivity index (χ2n) is 5.79. The summed E-state index contributed by atoms with van der Waals surface area (Å²) in [5.41, 5.74) is 1.48. The van der Waals surface area contributed by atoms with Crippen LogP contribution >= 0.6 is 0 Å². The van der Waals surface area contributed by atoms with Crippen LogP contribution in [0.25, 0.3) is 11.5 Å². The van der Waals surface area contributed by atoms with E-state index in [1.165, 1.54) is 25.7 Å². The number of aromatic nitrogens is 2. The van der Waals surface area contributed by atoms with Gasteiger partial charge in [-0.25, -0.2) is 4.79 Å². The summed E-state index contributed by atoms with van der Waals surface area (Å²) in [7, 11) is 0. The van der Waals surface area contributed by atoms with Crippen molar-refractivity contribution in [2.45, 2.75) is 38.6 Å². The molecule has 1 saturated carbocycles. The van der Waals surface area contributed by atoms with Crippen molar-refractivity contribution < 1.29 is 9.21 Å². The normalized spacial score (nSPS) is 21.3. The predicted octanol–water partition coefficient (Wildman–Crippen LogP) is 3.44. The van der Waals surface area contributed by atoms with Crippen LogP contribution in [0, 0.1) is 5.92 Å². The van der Waals surface area contributed by atoms with Crippen LogP contribution in [-0.4, -0.2) is 22.3 Å². The smallest absolute Gasteiger partial charge is 0.319 e. The highest BCUT2D eigenvalue weighted by Crippen LogP contribution is 2.24. The molecule has 116 valence electrons. The lowest BCUT2D eigenvalue weighted by Gasteiger charge is -2.29. The highest BCUT2D eigenvalue weighted by atomic mass is 16.4. The molecule has 2 aromatic rings. The Labute approximate surface area is 129 Å². The Balaban J connectivity index is 1.63. The Bertz CT molecular complexity index is 627. The molecule has 2 unspecified atom stereocenters. The molecule has 1 aliphatic carbocycles. The molecule has 22 heavy (non-hydrogen) atoms. The molecule has 1 aromatic carbocycles. The van der Waals surface area contributed by atoms with E-state index in [-0.39, 0.29) is 12.1 Å². The molecule has 2 atom stereocenters. The van der Waals surface area contributed by atoms with Crippen LogP contribution in [0.2, 0.25) is 0 Å². The van der Waals surface area contributed by atoms with Gasteiger partial charge in [0.2, 0.25) is 12.3 Å². The number of anilines is 1. The van der Waals surface area contributed by atoms with E-state index in [2.05, 4.69) is 27.8 Å². The molecule has 0 spiro atoms. The Kier molecular flexibility index (Phi) is 4.37. The van der Waals surface area contributed by atoms with Crippen molar-refractivity contribution in [2.75, 3.05) is 5.32 Å². The summed E-state index contributed by atoms with van der Waals surface area (Å²) in [6, 6.07) is 7.45. The fraction of sp³-hybridized carbons (Fsp3) is 0.438. The summed E-state index contributed by atoms with van der Waals surface area (Å²) in [6.07, 6.45) is 5.95. The zero-order valence-corrected chi connectivity index (χ0v) is 12.6. The van der Waals surface area contributed by atoms with Gasteiger partial charge in [0.25, 0.3) is 0 Å². The quantitative estimate of drug-likeness (QED) is 0.910. The molecule has 0 saturated heterocycles. The molecule has 0 bridgehead atoms. The first-order chi connectivity index (χ1) is 10.7. The molecule has 6 nitrogen and oxygen atoms in total. The maximum atomic E-state index is 12.2. The summed E-state index contributed by atoms with van der Waals surface area (Å²) in [5.74, 6) is 0.967. The zero-order valence-electron chi connectivity index (χ0n) is 12.6. The molecule has 2 amide bonds. The van der Waals surface area contributed by atoms with Crippen molar-refractivity contribution in [3.63, 3.8) is 0 Å². The topological polar surface area (TPSA) is 80.0 Å². The van der Waals surface area contributed by atoms with E-state index in [0.717, 1.165) is 12.0 Å². The monoisotopic (exact) mass is 300 g/mol. The molecular weight excluding hydrogens is 280 g/mol. The molecule has 1 fully saturated rings. The Morgan fingerprint density at radius 2 is 2.18 bits per heavy atom. The second-order valence-corrected chi connectivity index (χ2v) is 5.79.